The van der Waals surface area contributed by atoms with Crippen molar-refractivity contribution in [1.29, 1.82) is 0 Å². The zero-order valence-electron chi connectivity index (χ0n) is 15.0. The molecule has 0 fully saturated rings. The van der Waals surface area contributed by atoms with Crippen LogP contribution in [0.4, 0.5) is 0 Å². The van der Waals surface area contributed by atoms with Crippen molar-refractivity contribution in [1.82, 2.24) is 10.6 Å². The predicted octanol–water partition coefficient (Wildman–Crippen LogP) is 3.34. The van der Waals surface area contributed by atoms with Crippen molar-refractivity contribution >= 4 is 5.96 Å². The van der Waals surface area contributed by atoms with Gasteiger partial charge in [-0.3, -0.25) is 4.99 Å². The minimum atomic E-state index is 0.0172. The molecule has 0 saturated carbocycles. The highest BCUT2D eigenvalue weighted by atomic mass is 16.5. The Morgan fingerprint density at radius 2 is 1.67 bits per heavy atom. The van der Waals surface area contributed by atoms with E-state index in [9.17, 15) is 0 Å². The van der Waals surface area contributed by atoms with E-state index in [4.69, 9.17) is 4.74 Å². The summed E-state index contributed by atoms with van der Waals surface area (Å²) >= 11 is 0. The Labute approximate surface area is 145 Å². The fraction of sp³-hybridized carbons (Fsp3) is 0.350. The summed E-state index contributed by atoms with van der Waals surface area (Å²) in [7, 11) is 3.47. The van der Waals surface area contributed by atoms with Crippen molar-refractivity contribution in [3.63, 3.8) is 0 Å². The molecule has 0 saturated heterocycles. The summed E-state index contributed by atoms with van der Waals surface area (Å²) in [6, 6.07) is 18.5. The third-order valence-corrected chi connectivity index (χ3v) is 4.12. The number of rotatable bonds is 6. The first-order valence-electron chi connectivity index (χ1n) is 8.19. The van der Waals surface area contributed by atoms with Crippen LogP contribution in [0.15, 0.2) is 59.6 Å². The standard InChI is InChI=1S/C20H27N3O/c1-20(2,17-11-6-5-7-12-17)15-23-19(21-3)22-14-16-10-8-9-13-18(16)24-4/h5-13H,14-15H2,1-4H3,(H2,21,22,23). The summed E-state index contributed by atoms with van der Waals surface area (Å²) in [6.45, 7) is 5.91. The molecule has 128 valence electrons. The lowest BCUT2D eigenvalue weighted by Crippen LogP contribution is -2.43. The van der Waals surface area contributed by atoms with E-state index in [1.54, 1.807) is 14.2 Å². The normalized spacial score (nSPS) is 11.9. The third kappa shape index (κ3) is 4.75. The van der Waals surface area contributed by atoms with E-state index in [1.165, 1.54) is 5.56 Å². The van der Waals surface area contributed by atoms with Gasteiger partial charge in [0.25, 0.3) is 0 Å². The number of nitrogens with zero attached hydrogens (tertiary/aromatic N) is 1. The first-order valence-corrected chi connectivity index (χ1v) is 8.19. The monoisotopic (exact) mass is 325 g/mol. The number of hydrogen-bond acceptors (Lipinski definition) is 2. The topological polar surface area (TPSA) is 45.7 Å². The smallest absolute Gasteiger partial charge is 0.191 e. The molecule has 2 aromatic rings. The molecule has 0 heterocycles. The molecule has 4 nitrogen and oxygen atoms in total. The number of methoxy groups -OCH3 is 1. The summed E-state index contributed by atoms with van der Waals surface area (Å²) < 4.78 is 5.38. The van der Waals surface area contributed by atoms with Gasteiger partial charge in [-0.15, -0.1) is 0 Å². The quantitative estimate of drug-likeness (QED) is 0.632. The molecule has 0 spiro atoms. The molecule has 4 heteroatoms. The molecule has 0 aliphatic carbocycles. The third-order valence-electron chi connectivity index (χ3n) is 4.12. The first kappa shape index (κ1) is 17.9. The Kier molecular flexibility index (Phi) is 6.24. The Morgan fingerprint density at radius 3 is 2.33 bits per heavy atom. The molecule has 2 rings (SSSR count). The molecule has 0 unspecified atom stereocenters. The van der Waals surface area contributed by atoms with Crippen LogP contribution in [0.5, 0.6) is 5.75 Å². The maximum absolute atomic E-state index is 5.38. The minimum absolute atomic E-state index is 0.0172. The van der Waals surface area contributed by atoms with Gasteiger partial charge >= 0.3 is 0 Å². The van der Waals surface area contributed by atoms with Gasteiger partial charge < -0.3 is 15.4 Å². The summed E-state index contributed by atoms with van der Waals surface area (Å²) in [4.78, 5) is 4.31. The van der Waals surface area contributed by atoms with Gasteiger partial charge in [-0.1, -0.05) is 62.4 Å². The van der Waals surface area contributed by atoms with Crippen LogP contribution in [0.2, 0.25) is 0 Å². The van der Waals surface area contributed by atoms with Crippen LogP contribution in [0.25, 0.3) is 0 Å². The van der Waals surface area contributed by atoms with Gasteiger partial charge in [-0.2, -0.15) is 0 Å². The maximum atomic E-state index is 5.38. The average molecular weight is 325 g/mol. The average Bonchev–Trinajstić information content (AvgIpc) is 2.63. The Hall–Kier alpha value is -2.49. The van der Waals surface area contributed by atoms with Gasteiger partial charge in [0.1, 0.15) is 5.75 Å². The Bertz CT molecular complexity index is 666. The van der Waals surface area contributed by atoms with Crippen LogP contribution in [-0.2, 0) is 12.0 Å². The molecule has 0 aromatic heterocycles. The lowest BCUT2D eigenvalue weighted by atomic mass is 9.85. The number of guanidine groups is 1. The number of aliphatic imine (C=N–C) groups is 1. The van der Waals surface area contributed by atoms with Crippen molar-refractivity contribution in [2.24, 2.45) is 4.99 Å². The fourth-order valence-corrected chi connectivity index (χ4v) is 2.54. The van der Waals surface area contributed by atoms with E-state index >= 15 is 0 Å². The van der Waals surface area contributed by atoms with E-state index in [0.717, 1.165) is 23.8 Å². The lowest BCUT2D eigenvalue weighted by Gasteiger charge is -2.26. The molecular formula is C20H27N3O. The summed E-state index contributed by atoms with van der Waals surface area (Å²) in [5, 5.41) is 6.76. The van der Waals surface area contributed by atoms with Gasteiger partial charge in [0.15, 0.2) is 5.96 Å². The van der Waals surface area contributed by atoms with Crippen LogP contribution in [0.3, 0.4) is 0 Å². The maximum Gasteiger partial charge on any atom is 0.191 e. The van der Waals surface area contributed by atoms with Gasteiger partial charge in [0.05, 0.1) is 7.11 Å². The van der Waals surface area contributed by atoms with Gasteiger partial charge in [-0.25, -0.2) is 0 Å². The van der Waals surface area contributed by atoms with E-state index in [2.05, 4.69) is 53.7 Å². The molecule has 0 bridgehead atoms. The Balaban J connectivity index is 1.93. The van der Waals surface area contributed by atoms with Crippen LogP contribution < -0.4 is 15.4 Å². The van der Waals surface area contributed by atoms with Crippen molar-refractivity contribution in [2.75, 3.05) is 20.7 Å². The van der Waals surface area contributed by atoms with Crippen LogP contribution in [0, 0.1) is 0 Å². The first-order chi connectivity index (χ1) is 11.6. The van der Waals surface area contributed by atoms with E-state index in [-0.39, 0.29) is 5.41 Å². The lowest BCUT2D eigenvalue weighted by molar-refractivity contribution is 0.409. The van der Waals surface area contributed by atoms with Gasteiger partial charge in [0.2, 0.25) is 0 Å². The number of para-hydroxylation sites is 1. The highest BCUT2D eigenvalue weighted by molar-refractivity contribution is 5.79. The second-order valence-electron chi connectivity index (χ2n) is 6.34. The summed E-state index contributed by atoms with van der Waals surface area (Å²) in [5.41, 5.74) is 2.42. The SMILES string of the molecule is CN=C(NCc1ccccc1OC)NCC(C)(C)c1ccccc1. The Morgan fingerprint density at radius 1 is 1.00 bits per heavy atom. The highest BCUT2D eigenvalue weighted by Gasteiger charge is 2.20. The number of ether oxygens (including phenoxy) is 1. The van der Waals surface area contributed by atoms with E-state index < -0.39 is 0 Å². The molecule has 2 N–H and O–H groups in total. The van der Waals surface area contributed by atoms with E-state index in [1.807, 2.05) is 30.3 Å². The highest BCUT2D eigenvalue weighted by Crippen LogP contribution is 2.21. The fourth-order valence-electron chi connectivity index (χ4n) is 2.54. The van der Waals surface area contributed by atoms with Crippen molar-refractivity contribution in [3.8, 4) is 5.75 Å². The van der Waals surface area contributed by atoms with Crippen molar-refractivity contribution < 1.29 is 4.74 Å². The minimum Gasteiger partial charge on any atom is -0.496 e. The second-order valence-corrected chi connectivity index (χ2v) is 6.34. The molecule has 0 amide bonds. The number of benzene rings is 2. The van der Waals surface area contributed by atoms with Crippen molar-refractivity contribution in [2.45, 2.75) is 25.8 Å². The number of nitrogens with one attached hydrogen (secondary N) is 2. The van der Waals surface area contributed by atoms with Crippen molar-refractivity contribution in [3.05, 3.63) is 65.7 Å². The molecule has 0 aliphatic heterocycles. The van der Waals surface area contributed by atoms with Crippen LogP contribution >= 0.6 is 0 Å². The summed E-state index contributed by atoms with van der Waals surface area (Å²) in [5.74, 6) is 1.66. The molecule has 0 radical (unpaired) electrons. The zero-order valence-corrected chi connectivity index (χ0v) is 15.0. The summed E-state index contributed by atoms with van der Waals surface area (Å²) in [6.07, 6.45) is 0. The molecule has 24 heavy (non-hydrogen) atoms. The number of hydrogen-bond donors (Lipinski definition) is 2. The molecule has 0 aliphatic rings. The van der Waals surface area contributed by atoms with Gasteiger partial charge in [0, 0.05) is 31.1 Å². The predicted molar refractivity (Wildman–Crippen MR) is 101 cm³/mol. The van der Waals surface area contributed by atoms with Crippen LogP contribution in [0.1, 0.15) is 25.0 Å². The second kappa shape index (κ2) is 8.39. The van der Waals surface area contributed by atoms with Gasteiger partial charge in [-0.05, 0) is 11.6 Å². The van der Waals surface area contributed by atoms with E-state index in [0.29, 0.717) is 6.54 Å². The molecule has 0 atom stereocenters. The largest absolute Gasteiger partial charge is 0.496 e. The molecular weight excluding hydrogens is 298 g/mol. The zero-order chi connectivity index (χ0) is 17.4. The van der Waals surface area contributed by atoms with Crippen LogP contribution in [-0.4, -0.2) is 26.7 Å². The molecule has 2 aromatic carbocycles.